The predicted molar refractivity (Wildman–Crippen MR) is 143 cm³/mol. The fourth-order valence-electron chi connectivity index (χ4n) is 3.44. The zero-order valence-corrected chi connectivity index (χ0v) is 23.5. The van der Waals surface area contributed by atoms with E-state index in [0.29, 0.717) is 51.5 Å². The quantitative estimate of drug-likeness (QED) is 0.181. The molecule has 2 N–H and O–H groups in total. The first kappa shape index (κ1) is 32.5. The molecule has 0 aromatic heterocycles. The van der Waals surface area contributed by atoms with Crippen molar-refractivity contribution >= 4 is 11.9 Å². The van der Waals surface area contributed by atoms with Crippen molar-refractivity contribution in [2.24, 2.45) is 0 Å². The molecule has 0 heterocycles. The zero-order chi connectivity index (χ0) is 28.2. The molecule has 0 radical (unpaired) electrons. The Morgan fingerprint density at radius 2 is 0.868 bits per heavy atom. The summed E-state index contributed by atoms with van der Waals surface area (Å²) in [7, 11) is 0. The molecule has 0 saturated carbocycles. The van der Waals surface area contributed by atoms with Gasteiger partial charge in [-0.1, -0.05) is 24.3 Å². The van der Waals surface area contributed by atoms with Crippen molar-refractivity contribution in [3.63, 3.8) is 0 Å². The Balaban J connectivity index is 3.22. The minimum atomic E-state index is -0.391. The van der Waals surface area contributed by atoms with Crippen LogP contribution in [0.5, 0.6) is 0 Å². The Morgan fingerprint density at radius 1 is 0.579 bits per heavy atom. The van der Waals surface area contributed by atoms with E-state index in [1.165, 1.54) is 0 Å². The average Bonchev–Trinajstić information content (AvgIpc) is 2.89. The Morgan fingerprint density at radius 3 is 1.13 bits per heavy atom. The lowest BCUT2D eigenvalue weighted by atomic mass is 9.98. The van der Waals surface area contributed by atoms with Crippen LogP contribution < -0.4 is 10.6 Å². The third-order valence-corrected chi connectivity index (χ3v) is 5.04. The van der Waals surface area contributed by atoms with Crippen LogP contribution >= 0.6 is 0 Å². The molecule has 214 valence electrons. The SMILES string of the molecule is CCOC(=O)CC(NC=C(OCC)OCC)c1ccc(C(CC(=O)OCC)NC=C(OCC)OCC)cc1. The molecule has 0 fully saturated rings. The lowest BCUT2D eigenvalue weighted by Gasteiger charge is -2.21. The Bertz CT molecular complexity index is 783. The number of hydrogen-bond acceptors (Lipinski definition) is 10. The second-order valence-electron chi connectivity index (χ2n) is 7.78. The summed E-state index contributed by atoms with van der Waals surface area (Å²) in [4.78, 5) is 24.6. The van der Waals surface area contributed by atoms with E-state index in [9.17, 15) is 9.59 Å². The number of carbonyl (C=O) groups is 2. The first-order valence-electron chi connectivity index (χ1n) is 13.3. The monoisotopic (exact) mass is 536 g/mol. The van der Waals surface area contributed by atoms with Crippen molar-refractivity contribution in [1.29, 1.82) is 0 Å². The maximum Gasteiger partial charge on any atom is 0.308 e. The Labute approximate surface area is 226 Å². The molecule has 0 aliphatic carbocycles. The zero-order valence-electron chi connectivity index (χ0n) is 23.5. The molecule has 38 heavy (non-hydrogen) atoms. The standard InChI is InChI=1S/C28H44N2O8/c1-7-33-25(31)17-23(29-19-27(35-9-3)36-10-4)21-13-15-22(16-14-21)24(18-26(32)34-8-2)30-20-28(37-11-5)38-12-6/h13-16,19-20,23-24,29-30H,7-12,17-18H2,1-6H3. The van der Waals surface area contributed by atoms with Crippen molar-refractivity contribution in [2.75, 3.05) is 39.6 Å². The molecule has 2 unspecified atom stereocenters. The van der Waals surface area contributed by atoms with Crippen LogP contribution in [0, 0.1) is 0 Å². The summed E-state index contributed by atoms with van der Waals surface area (Å²) in [6.07, 6.45) is 3.44. The molecular formula is C28H44N2O8. The summed E-state index contributed by atoms with van der Waals surface area (Å²) >= 11 is 0. The average molecular weight is 537 g/mol. The highest BCUT2D eigenvalue weighted by Crippen LogP contribution is 2.24. The van der Waals surface area contributed by atoms with Gasteiger partial charge in [0.1, 0.15) is 0 Å². The Hall–Kier alpha value is -3.56. The largest absolute Gasteiger partial charge is 0.466 e. The topological polar surface area (TPSA) is 114 Å². The van der Waals surface area contributed by atoms with E-state index < -0.39 is 12.1 Å². The lowest BCUT2D eigenvalue weighted by molar-refractivity contribution is -0.144. The third-order valence-electron chi connectivity index (χ3n) is 5.04. The molecule has 0 bridgehead atoms. The molecule has 0 aliphatic heterocycles. The molecular weight excluding hydrogens is 492 g/mol. The van der Waals surface area contributed by atoms with Gasteiger partial charge in [-0.2, -0.15) is 0 Å². The highest BCUT2D eigenvalue weighted by Gasteiger charge is 2.20. The highest BCUT2D eigenvalue weighted by atomic mass is 16.7. The summed E-state index contributed by atoms with van der Waals surface area (Å²) in [6.45, 7) is 13.4. The molecule has 1 rings (SSSR count). The van der Waals surface area contributed by atoms with Gasteiger partial charge in [0, 0.05) is 0 Å². The smallest absolute Gasteiger partial charge is 0.308 e. The number of nitrogens with one attached hydrogen (secondary N) is 2. The highest BCUT2D eigenvalue weighted by molar-refractivity contribution is 5.71. The Kier molecular flexibility index (Phi) is 16.7. The maximum atomic E-state index is 12.3. The van der Waals surface area contributed by atoms with Crippen LogP contribution in [-0.4, -0.2) is 51.6 Å². The normalized spacial score (nSPS) is 11.7. The van der Waals surface area contributed by atoms with Crippen LogP contribution in [0.3, 0.4) is 0 Å². The van der Waals surface area contributed by atoms with Crippen LogP contribution in [-0.2, 0) is 38.0 Å². The van der Waals surface area contributed by atoms with Gasteiger partial charge < -0.3 is 39.1 Å². The number of benzene rings is 1. The van der Waals surface area contributed by atoms with Crippen LogP contribution in [0.25, 0.3) is 0 Å². The molecule has 0 amide bonds. The van der Waals surface area contributed by atoms with Crippen LogP contribution in [0.1, 0.15) is 77.6 Å². The van der Waals surface area contributed by atoms with Gasteiger partial charge in [-0.15, -0.1) is 0 Å². The van der Waals surface area contributed by atoms with Gasteiger partial charge in [-0.3, -0.25) is 9.59 Å². The minimum absolute atomic E-state index is 0.106. The van der Waals surface area contributed by atoms with Crippen molar-refractivity contribution in [2.45, 2.75) is 66.5 Å². The van der Waals surface area contributed by atoms with E-state index in [2.05, 4.69) is 10.6 Å². The van der Waals surface area contributed by atoms with E-state index in [0.717, 1.165) is 11.1 Å². The van der Waals surface area contributed by atoms with Crippen LogP contribution in [0.15, 0.2) is 48.6 Å². The van der Waals surface area contributed by atoms with Crippen molar-refractivity contribution in [1.82, 2.24) is 10.6 Å². The van der Waals surface area contributed by atoms with Crippen LogP contribution in [0.4, 0.5) is 0 Å². The second kappa shape index (κ2) is 19.5. The van der Waals surface area contributed by atoms with E-state index in [-0.39, 0.29) is 24.8 Å². The molecule has 10 nitrogen and oxygen atoms in total. The molecule has 0 spiro atoms. The fourth-order valence-corrected chi connectivity index (χ4v) is 3.44. The number of rotatable bonds is 20. The molecule has 1 aromatic carbocycles. The minimum Gasteiger partial charge on any atom is -0.466 e. The summed E-state index contributed by atoms with van der Waals surface area (Å²) in [5.41, 5.74) is 1.69. The van der Waals surface area contributed by atoms with Crippen molar-refractivity contribution < 1.29 is 38.0 Å². The predicted octanol–water partition coefficient (Wildman–Crippen LogP) is 4.60. The van der Waals surface area contributed by atoms with E-state index >= 15 is 0 Å². The summed E-state index contributed by atoms with van der Waals surface area (Å²) in [6, 6.07) is 6.82. The molecule has 0 aliphatic rings. The van der Waals surface area contributed by atoms with E-state index in [4.69, 9.17) is 28.4 Å². The number of esters is 2. The fraction of sp³-hybridized carbons (Fsp3) is 0.571. The van der Waals surface area contributed by atoms with Gasteiger partial charge in [0.25, 0.3) is 11.9 Å². The second-order valence-corrected chi connectivity index (χ2v) is 7.78. The first-order chi connectivity index (χ1) is 18.4. The van der Waals surface area contributed by atoms with Gasteiger partial charge in [-0.25, -0.2) is 0 Å². The number of carbonyl (C=O) groups excluding carboxylic acids is 2. The number of ether oxygens (including phenoxy) is 6. The molecule has 2 atom stereocenters. The van der Waals surface area contributed by atoms with Gasteiger partial charge in [-0.05, 0) is 52.7 Å². The van der Waals surface area contributed by atoms with Gasteiger partial charge >= 0.3 is 11.9 Å². The molecule has 10 heteroatoms. The summed E-state index contributed by atoms with van der Waals surface area (Å²) in [5.74, 6) is 0.0159. The first-order valence-corrected chi connectivity index (χ1v) is 13.3. The van der Waals surface area contributed by atoms with Gasteiger partial charge in [0.2, 0.25) is 0 Å². The third kappa shape index (κ3) is 12.6. The van der Waals surface area contributed by atoms with Crippen molar-refractivity contribution in [3.05, 3.63) is 59.7 Å². The summed E-state index contributed by atoms with van der Waals surface area (Å²) < 4.78 is 32.3. The number of hydrogen-bond donors (Lipinski definition) is 2. The summed E-state index contributed by atoms with van der Waals surface area (Å²) in [5, 5.41) is 6.43. The molecule has 1 aromatic rings. The molecule has 0 saturated heterocycles. The van der Waals surface area contributed by atoms with E-state index in [1.54, 1.807) is 26.2 Å². The maximum absolute atomic E-state index is 12.3. The lowest BCUT2D eigenvalue weighted by Crippen LogP contribution is -2.23. The van der Waals surface area contributed by atoms with E-state index in [1.807, 2.05) is 52.0 Å². The van der Waals surface area contributed by atoms with Gasteiger partial charge in [0.15, 0.2) is 0 Å². The van der Waals surface area contributed by atoms with Crippen LogP contribution in [0.2, 0.25) is 0 Å². The van der Waals surface area contributed by atoms with Gasteiger partial charge in [0.05, 0.1) is 77.0 Å². The van der Waals surface area contributed by atoms with Crippen molar-refractivity contribution in [3.8, 4) is 0 Å².